The van der Waals surface area contributed by atoms with Gasteiger partial charge in [0.1, 0.15) is 11.6 Å². The van der Waals surface area contributed by atoms with Crippen LogP contribution in [0.1, 0.15) is 46.9 Å². The van der Waals surface area contributed by atoms with E-state index in [9.17, 15) is 0 Å². The average Bonchev–Trinajstić information content (AvgIpc) is 3.45. The topological polar surface area (TPSA) is 58.5 Å². The van der Waals surface area contributed by atoms with Crippen LogP contribution < -0.4 is 5.32 Å². The third kappa shape index (κ3) is 3.09. The van der Waals surface area contributed by atoms with Crippen LogP contribution in [0.15, 0.2) is 42.5 Å². The molecule has 0 bridgehead atoms. The van der Waals surface area contributed by atoms with Crippen molar-refractivity contribution in [3.63, 3.8) is 0 Å². The van der Waals surface area contributed by atoms with E-state index < -0.39 is 0 Å². The van der Waals surface area contributed by atoms with Gasteiger partial charge in [0, 0.05) is 47.7 Å². The smallest absolute Gasteiger partial charge is 0.137 e. The second-order valence-corrected chi connectivity index (χ2v) is 8.88. The van der Waals surface area contributed by atoms with Crippen molar-refractivity contribution in [3.8, 4) is 0 Å². The number of anilines is 1. The summed E-state index contributed by atoms with van der Waals surface area (Å²) < 4.78 is 2.29. The van der Waals surface area contributed by atoms with Gasteiger partial charge in [0.2, 0.25) is 0 Å². The van der Waals surface area contributed by atoms with Crippen molar-refractivity contribution in [2.24, 2.45) is 0 Å². The van der Waals surface area contributed by atoms with Crippen LogP contribution in [0.5, 0.6) is 0 Å². The molecule has 1 unspecified atom stereocenters. The minimum absolute atomic E-state index is 0.475. The Morgan fingerprint density at radius 2 is 2.00 bits per heavy atom. The number of nitrogens with zero attached hydrogens (tertiary/aromatic N) is 3. The van der Waals surface area contributed by atoms with Crippen LogP contribution in [0, 0.1) is 6.92 Å². The molecule has 0 saturated heterocycles. The van der Waals surface area contributed by atoms with E-state index in [1.165, 1.54) is 45.4 Å². The summed E-state index contributed by atoms with van der Waals surface area (Å²) in [7, 11) is 0. The van der Waals surface area contributed by atoms with Crippen LogP contribution in [0.2, 0.25) is 0 Å². The summed E-state index contributed by atoms with van der Waals surface area (Å²) in [5, 5.41) is 13.9. The molecule has 1 aliphatic carbocycles. The first kappa shape index (κ1) is 17.8. The molecule has 0 saturated carbocycles. The second-order valence-electron chi connectivity index (χ2n) is 8.88. The van der Waals surface area contributed by atoms with Gasteiger partial charge >= 0.3 is 0 Å². The summed E-state index contributed by atoms with van der Waals surface area (Å²) in [5.41, 5.74) is 8.01. The number of rotatable bonds is 4. The van der Waals surface area contributed by atoms with Gasteiger partial charge in [-0.3, -0.25) is 0 Å². The molecule has 2 aromatic heterocycles. The van der Waals surface area contributed by atoms with Crippen molar-refractivity contribution in [1.82, 2.24) is 19.7 Å². The minimum atomic E-state index is 0.475. The zero-order valence-corrected chi connectivity index (χ0v) is 17.4. The van der Waals surface area contributed by atoms with Crippen LogP contribution in [0.3, 0.4) is 0 Å². The Kier molecular flexibility index (Phi) is 4.15. The maximum atomic E-state index is 4.39. The number of aryl methyl sites for hydroxylation is 3. The highest BCUT2D eigenvalue weighted by atomic mass is 15.3. The van der Waals surface area contributed by atoms with E-state index in [0.717, 1.165) is 50.3 Å². The zero-order chi connectivity index (χ0) is 20.1. The number of aromatic amines is 1. The van der Waals surface area contributed by atoms with Crippen molar-refractivity contribution in [1.29, 1.82) is 0 Å². The summed E-state index contributed by atoms with van der Waals surface area (Å²) in [5.74, 6) is 2.24. The normalized spacial score (nSPS) is 17.8. The molecule has 3 heterocycles. The van der Waals surface area contributed by atoms with E-state index in [-0.39, 0.29) is 0 Å². The van der Waals surface area contributed by atoms with Gasteiger partial charge in [-0.2, -0.15) is 0 Å². The molecule has 4 aromatic rings. The fourth-order valence-electron chi connectivity index (χ4n) is 5.13. The Morgan fingerprint density at radius 3 is 2.90 bits per heavy atom. The monoisotopic (exact) mass is 397 g/mol. The number of fused-ring (bicyclic) bond motifs is 4. The summed E-state index contributed by atoms with van der Waals surface area (Å²) in [6, 6.07) is 16.1. The van der Waals surface area contributed by atoms with E-state index >= 15 is 0 Å². The number of benzene rings is 2. The van der Waals surface area contributed by atoms with E-state index in [0.29, 0.717) is 6.04 Å². The van der Waals surface area contributed by atoms with Crippen LogP contribution in [0.25, 0.3) is 10.9 Å². The Balaban J connectivity index is 1.16. The number of nitrogens with one attached hydrogen (secondary N) is 2. The SMILES string of the molecule is Cc1ccc2[nH]c3c(c2c1)CC(Nc1ccc(Cc2nnc4n2CCC4)cc1)CC3. The third-order valence-corrected chi connectivity index (χ3v) is 6.72. The van der Waals surface area contributed by atoms with E-state index in [1.807, 2.05) is 0 Å². The van der Waals surface area contributed by atoms with Gasteiger partial charge in [0.25, 0.3) is 0 Å². The standard InChI is InChI=1S/C25H27N5/c1-16-4-10-22-20(13-16)21-15-19(9-11-23(21)27-22)26-18-7-5-17(6-8-18)14-25-29-28-24-3-2-12-30(24)25/h4-8,10,13,19,26-27H,2-3,9,11-12,14-15H2,1H3. The molecule has 2 aliphatic rings. The van der Waals surface area contributed by atoms with Gasteiger partial charge < -0.3 is 14.9 Å². The molecule has 5 nitrogen and oxygen atoms in total. The van der Waals surface area contributed by atoms with Crippen molar-refractivity contribution in [2.45, 2.75) is 58.0 Å². The van der Waals surface area contributed by atoms with Gasteiger partial charge in [-0.05, 0) is 68.0 Å². The molecular weight excluding hydrogens is 370 g/mol. The predicted molar refractivity (Wildman–Crippen MR) is 120 cm³/mol. The molecule has 5 heteroatoms. The maximum Gasteiger partial charge on any atom is 0.137 e. The molecule has 1 aliphatic heterocycles. The molecule has 2 N–H and O–H groups in total. The number of hydrogen-bond donors (Lipinski definition) is 2. The first-order valence-electron chi connectivity index (χ1n) is 11.1. The summed E-state index contributed by atoms with van der Waals surface area (Å²) in [6.45, 7) is 3.24. The largest absolute Gasteiger partial charge is 0.382 e. The van der Waals surface area contributed by atoms with Crippen LogP contribution in [0.4, 0.5) is 5.69 Å². The Morgan fingerprint density at radius 1 is 1.10 bits per heavy atom. The first-order chi connectivity index (χ1) is 14.7. The molecule has 0 amide bonds. The van der Waals surface area contributed by atoms with Crippen LogP contribution in [-0.2, 0) is 32.2 Å². The zero-order valence-electron chi connectivity index (χ0n) is 17.4. The molecule has 2 aromatic carbocycles. The van der Waals surface area contributed by atoms with Crippen molar-refractivity contribution >= 4 is 16.6 Å². The highest BCUT2D eigenvalue weighted by molar-refractivity contribution is 5.85. The van der Waals surface area contributed by atoms with Gasteiger partial charge in [-0.1, -0.05) is 23.8 Å². The fraction of sp³-hybridized carbons (Fsp3) is 0.360. The van der Waals surface area contributed by atoms with Crippen LogP contribution >= 0.6 is 0 Å². The lowest BCUT2D eigenvalue weighted by molar-refractivity contribution is 0.607. The minimum Gasteiger partial charge on any atom is -0.382 e. The molecule has 6 rings (SSSR count). The second kappa shape index (κ2) is 7.01. The molecule has 1 atom stereocenters. The lowest BCUT2D eigenvalue weighted by Gasteiger charge is -2.25. The summed E-state index contributed by atoms with van der Waals surface area (Å²) in [4.78, 5) is 3.63. The van der Waals surface area contributed by atoms with Gasteiger partial charge in [0.15, 0.2) is 0 Å². The number of hydrogen-bond acceptors (Lipinski definition) is 3. The molecular formula is C25H27N5. The summed E-state index contributed by atoms with van der Waals surface area (Å²) >= 11 is 0. The number of aromatic nitrogens is 4. The highest BCUT2D eigenvalue weighted by Crippen LogP contribution is 2.31. The van der Waals surface area contributed by atoms with Crippen molar-refractivity contribution < 1.29 is 0 Å². The Bertz CT molecular complexity index is 1210. The van der Waals surface area contributed by atoms with Crippen molar-refractivity contribution in [2.75, 3.05) is 5.32 Å². The van der Waals surface area contributed by atoms with Gasteiger partial charge in [-0.25, -0.2) is 0 Å². The molecule has 0 radical (unpaired) electrons. The van der Waals surface area contributed by atoms with Crippen LogP contribution in [-0.4, -0.2) is 25.8 Å². The Labute approximate surface area is 176 Å². The molecule has 0 fully saturated rings. The van der Waals surface area contributed by atoms with E-state index in [4.69, 9.17) is 0 Å². The average molecular weight is 398 g/mol. The van der Waals surface area contributed by atoms with E-state index in [2.05, 4.69) is 74.5 Å². The number of H-pyrrole nitrogens is 1. The highest BCUT2D eigenvalue weighted by Gasteiger charge is 2.22. The third-order valence-electron chi connectivity index (χ3n) is 6.72. The van der Waals surface area contributed by atoms with E-state index in [1.54, 1.807) is 0 Å². The van der Waals surface area contributed by atoms with Gasteiger partial charge in [-0.15, -0.1) is 10.2 Å². The summed E-state index contributed by atoms with van der Waals surface area (Å²) in [6.07, 6.45) is 6.46. The lowest BCUT2D eigenvalue weighted by Crippen LogP contribution is -2.27. The van der Waals surface area contributed by atoms with Crippen molar-refractivity contribution in [3.05, 3.63) is 76.5 Å². The Hall–Kier alpha value is -3.08. The van der Waals surface area contributed by atoms with Gasteiger partial charge in [0.05, 0.1) is 0 Å². The molecule has 30 heavy (non-hydrogen) atoms. The fourth-order valence-corrected chi connectivity index (χ4v) is 5.13. The maximum absolute atomic E-state index is 4.39. The molecule has 0 spiro atoms. The predicted octanol–water partition coefficient (Wildman–Crippen LogP) is 4.57. The first-order valence-corrected chi connectivity index (χ1v) is 11.1. The molecule has 152 valence electrons. The quantitative estimate of drug-likeness (QED) is 0.530. The lowest BCUT2D eigenvalue weighted by atomic mass is 9.91.